The van der Waals surface area contributed by atoms with Crippen molar-refractivity contribution in [3.05, 3.63) is 64.9 Å². The molecule has 1 atom stereocenters. The number of furan rings is 1. The Morgan fingerprint density at radius 3 is 2.78 bits per heavy atom. The van der Waals surface area contributed by atoms with Crippen molar-refractivity contribution < 1.29 is 28.2 Å². The van der Waals surface area contributed by atoms with Gasteiger partial charge in [0.05, 0.1) is 13.2 Å². The molecule has 1 unspecified atom stereocenters. The van der Waals surface area contributed by atoms with Crippen molar-refractivity contribution in [2.24, 2.45) is 0 Å². The fourth-order valence-corrected chi connectivity index (χ4v) is 2.73. The van der Waals surface area contributed by atoms with Gasteiger partial charge in [0.25, 0.3) is 0 Å². The van der Waals surface area contributed by atoms with Crippen molar-refractivity contribution in [2.45, 2.75) is 19.6 Å². The molecular formula is C19H18F2N2O4. The predicted molar refractivity (Wildman–Crippen MR) is 95.2 cm³/mol. The van der Waals surface area contributed by atoms with E-state index in [4.69, 9.17) is 9.52 Å². The van der Waals surface area contributed by atoms with Gasteiger partial charge in [0.1, 0.15) is 17.7 Å². The number of aryl methyl sites for hydroxylation is 1. The van der Waals surface area contributed by atoms with Crippen molar-refractivity contribution in [2.75, 3.05) is 11.9 Å². The summed E-state index contributed by atoms with van der Waals surface area (Å²) in [6, 6.07) is 7.78. The SMILES string of the molecule is Cc1c(CNC(=O)Nc2cccc(C(O)CO)c2)oc2c(F)cc(F)cc12. The topological polar surface area (TPSA) is 94.7 Å². The number of carbonyl (C=O) groups excluding carboxylic acids is 1. The summed E-state index contributed by atoms with van der Waals surface area (Å²) >= 11 is 0. The lowest BCUT2D eigenvalue weighted by Crippen LogP contribution is -2.28. The van der Waals surface area contributed by atoms with Gasteiger partial charge in [-0.1, -0.05) is 12.1 Å². The molecule has 3 aromatic rings. The summed E-state index contributed by atoms with van der Waals surface area (Å²) < 4.78 is 32.6. The van der Waals surface area contributed by atoms with Crippen LogP contribution in [0, 0.1) is 18.6 Å². The fraction of sp³-hybridized carbons (Fsp3) is 0.211. The number of hydrogen-bond acceptors (Lipinski definition) is 4. The van der Waals surface area contributed by atoms with Gasteiger partial charge in [-0.3, -0.25) is 0 Å². The summed E-state index contributed by atoms with van der Waals surface area (Å²) in [4.78, 5) is 12.1. The van der Waals surface area contributed by atoms with E-state index in [9.17, 15) is 18.7 Å². The largest absolute Gasteiger partial charge is 0.456 e. The molecule has 0 aliphatic carbocycles. The first kappa shape index (κ1) is 18.8. The van der Waals surface area contributed by atoms with E-state index >= 15 is 0 Å². The van der Waals surface area contributed by atoms with Crippen molar-refractivity contribution in [1.82, 2.24) is 5.32 Å². The Balaban J connectivity index is 1.69. The minimum absolute atomic E-state index is 0.0215. The first-order valence-electron chi connectivity index (χ1n) is 8.19. The Kier molecular flexibility index (Phi) is 5.38. The van der Waals surface area contributed by atoms with E-state index in [1.54, 1.807) is 25.1 Å². The maximum Gasteiger partial charge on any atom is 0.319 e. The van der Waals surface area contributed by atoms with Crippen molar-refractivity contribution in [3.63, 3.8) is 0 Å². The number of aliphatic hydroxyl groups excluding tert-OH is 2. The maximum absolute atomic E-state index is 13.8. The molecule has 8 heteroatoms. The third kappa shape index (κ3) is 4.07. The molecular weight excluding hydrogens is 358 g/mol. The Morgan fingerprint density at radius 2 is 2.04 bits per heavy atom. The summed E-state index contributed by atoms with van der Waals surface area (Å²) in [7, 11) is 0. The summed E-state index contributed by atoms with van der Waals surface area (Å²) in [5.74, 6) is -1.19. The molecule has 0 aliphatic rings. The van der Waals surface area contributed by atoms with Gasteiger partial charge in [-0.05, 0) is 30.7 Å². The Morgan fingerprint density at radius 1 is 1.26 bits per heavy atom. The zero-order chi connectivity index (χ0) is 19.6. The van der Waals surface area contributed by atoms with Gasteiger partial charge in [-0.2, -0.15) is 0 Å². The van der Waals surface area contributed by atoms with E-state index < -0.39 is 30.4 Å². The molecule has 142 valence electrons. The molecule has 3 rings (SSSR count). The molecule has 1 heterocycles. The van der Waals surface area contributed by atoms with Crippen LogP contribution in [0.2, 0.25) is 0 Å². The van der Waals surface area contributed by atoms with E-state index in [1.807, 2.05) is 0 Å². The highest BCUT2D eigenvalue weighted by molar-refractivity contribution is 5.89. The molecule has 0 bridgehead atoms. The molecule has 0 fully saturated rings. The number of hydrogen-bond donors (Lipinski definition) is 4. The first-order valence-corrected chi connectivity index (χ1v) is 8.19. The molecule has 6 nitrogen and oxygen atoms in total. The minimum atomic E-state index is -1.04. The smallest absolute Gasteiger partial charge is 0.319 e. The highest BCUT2D eigenvalue weighted by atomic mass is 19.1. The number of nitrogens with one attached hydrogen (secondary N) is 2. The van der Waals surface area contributed by atoms with Crippen LogP contribution in [0.4, 0.5) is 19.3 Å². The Hall–Kier alpha value is -2.97. The van der Waals surface area contributed by atoms with Crippen LogP contribution in [0.25, 0.3) is 11.0 Å². The summed E-state index contributed by atoms with van der Waals surface area (Å²) in [5, 5.41) is 24.1. The van der Waals surface area contributed by atoms with Crippen LogP contribution in [-0.4, -0.2) is 22.9 Å². The zero-order valence-corrected chi connectivity index (χ0v) is 14.4. The average Bonchev–Trinajstić information content (AvgIpc) is 2.96. The van der Waals surface area contributed by atoms with Crippen LogP contribution in [0.3, 0.4) is 0 Å². The van der Waals surface area contributed by atoms with Crippen molar-refractivity contribution >= 4 is 22.7 Å². The number of urea groups is 1. The number of halogens is 2. The quantitative estimate of drug-likeness (QED) is 0.549. The van der Waals surface area contributed by atoms with Gasteiger partial charge >= 0.3 is 6.03 Å². The number of anilines is 1. The lowest BCUT2D eigenvalue weighted by molar-refractivity contribution is 0.0956. The van der Waals surface area contributed by atoms with Crippen LogP contribution in [0.5, 0.6) is 0 Å². The van der Waals surface area contributed by atoms with E-state index in [1.165, 1.54) is 12.1 Å². The maximum atomic E-state index is 13.8. The second-order valence-electron chi connectivity index (χ2n) is 6.05. The standard InChI is InChI=1S/C19H18F2N2O4/c1-10-14-6-12(20)7-15(21)18(14)27-17(10)8-22-19(26)23-13-4-2-3-11(5-13)16(25)9-24/h2-7,16,24-25H,8-9H2,1H3,(H2,22,23,26). The number of aliphatic hydroxyl groups is 2. The van der Waals surface area contributed by atoms with Gasteiger partial charge in [-0.15, -0.1) is 0 Å². The normalized spacial score (nSPS) is 12.2. The van der Waals surface area contributed by atoms with Gasteiger partial charge in [0, 0.05) is 22.7 Å². The van der Waals surface area contributed by atoms with E-state index in [0.29, 0.717) is 28.0 Å². The summed E-state index contributed by atoms with van der Waals surface area (Å²) in [6.45, 7) is 1.20. The average molecular weight is 376 g/mol. The Labute approximate surface area is 153 Å². The van der Waals surface area contributed by atoms with Crippen LogP contribution in [0.15, 0.2) is 40.8 Å². The van der Waals surface area contributed by atoms with Crippen LogP contribution in [-0.2, 0) is 6.54 Å². The van der Waals surface area contributed by atoms with Gasteiger partial charge < -0.3 is 25.3 Å². The predicted octanol–water partition coefficient (Wildman–Crippen LogP) is 3.37. The highest BCUT2D eigenvalue weighted by Gasteiger charge is 2.16. The molecule has 0 radical (unpaired) electrons. The van der Waals surface area contributed by atoms with E-state index in [0.717, 1.165) is 6.07 Å². The summed E-state index contributed by atoms with van der Waals surface area (Å²) in [6.07, 6.45) is -1.04. The number of fused-ring (bicyclic) bond motifs is 1. The van der Waals surface area contributed by atoms with Crippen molar-refractivity contribution in [1.29, 1.82) is 0 Å². The summed E-state index contributed by atoms with van der Waals surface area (Å²) in [5.41, 5.74) is 1.36. The molecule has 27 heavy (non-hydrogen) atoms. The van der Waals surface area contributed by atoms with Gasteiger partial charge in [0.2, 0.25) is 0 Å². The van der Waals surface area contributed by atoms with Crippen LogP contribution in [0.1, 0.15) is 23.0 Å². The molecule has 2 amide bonds. The molecule has 2 aromatic carbocycles. The number of benzene rings is 2. The third-order valence-corrected chi connectivity index (χ3v) is 4.17. The molecule has 0 saturated carbocycles. The highest BCUT2D eigenvalue weighted by Crippen LogP contribution is 2.28. The minimum Gasteiger partial charge on any atom is -0.456 e. The molecule has 4 N–H and O–H groups in total. The fourth-order valence-electron chi connectivity index (χ4n) is 2.73. The number of amides is 2. The number of rotatable bonds is 5. The molecule has 0 saturated heterocycles. The number of carbonyl (C=O) groups is 1. The third-order valence-electron chi connectivity index (χ3n) is 4.17. The lowest BCUT2D eigenvalue weighted by Gasteiger charge is -2.11. The zero-order valence-electron chi connectivity index (χ0n) is 14.4. The van der Waals surface area contributed by atoms with Crippen LogP contribution < -0.4 is 10.6 Å². The molecule has 1 aromatic heterocycles. The van der Waals surface area contributed by atoms with Gasteiger partial charge in [0.15, 0.2) is 11.4 Å². The van der Waals surface area contributed by atoms with E-state index in [-0.39, 0.29) is 12.1 Å². The monoisotopic (exact) mass is 376 g/mol. The van der Waals surface area contributed by atoms with E-state index in [2.05, 4.69) is 10.6 Å². The first-order chi connectivity index (χ1) is 12.9. The lowest BCUT2D eigenvalue weighted by atomic mass is 10.1. The molecule has 0 aliphatic heterocycles. The Bertz CT molecular complexity index is 987. The second-order valence-corrected chi connectivity index (χ2v) is 6.05. The van der Waals surface area contributed by atoms with Gasteiger partial charge in [-0.25, -0.2) is 13.6 Å². The van der Waals surface area contributed by atoms with Crippen LogP contribution >= 0.6 is 0 Å². The van der Waals surface area contributed by atoms with Crippen molar-refractivity contribution in [3.8, 4) is 0 Å². The second kappa shape index (κ2) is 7.73. The molecule has 0 spiro atoms.